The minimum Gasteiger partial charge on any atom is -0.208 e. The predicted molar refractivity (Wildman–Crippen MR) is 225 cm³/mol. The van der Waals surface area contributed by atoms with Gasteiger partial charge in [-0.3, -0.25) is 0 Å². The monoisotopic (exact) mass is 687 g/mol. The summed E-state index contributed by atoms with van der Waals surface area (Å²) in [5.41, 5.74) is 10.2. The van der Waals surface area contributed by atoms with E-state index in [9.17, 15) is 0 Å². The van der Waals surface area contributed by atoms with Crippen molar-refractivity contribution in [1.29, 1.82) is 0 Å². The second kappa shape index (κ2) is 13.4. The quantitative estimate of drug-likeness (QED) is 0.163. The zero-order valence-electron chi connectivity index (χ0n) is 29.4. The largest absolute Gasteiger partial charge is 0.208 e. The molecule has 0 bridgehead atoms. The highest BCUT2D eigenvalue weighted by molar-refractivity contribution is 6.24. The Morgan fingerprint density at radius 1 is 0.204 bits per heavy atom. The molecule has 0 spiro atoms. The van der Waals surface area contributed by atoms with Gasteiger partial charge in [0.15, 0.2) is 17.5 Å². The maximum Gasteiger partial charge on any atom is 0.164 e. The molecule has 0 unspecified atom stereocenters. The first-order valence-corrected chi connectivity index (χ1v) is 18.3. The van der Waals surface area contributed by atoms with Crippen LogP contribution in [0.25, 0.3) is 99.9 Å². The van der Waals surface area contributed by atoms with Crippen LogP contribution >= 0.6 is 0 Å². The number of aromatic nitrogens is 3. The third-order valence-corrected chi connectivity index (χ3v) is 10.3. The molecule has 0 atom stereocenters. The molecule has 3 heteroatoms. The van der Waals surface area contributed by atoms with Crippen molar-refractivity contribution in [3.05, 3.63) is 200 Å². The van der Waals surface area contributed by atoms with Crippen LogP contribution in [0.3, 0.4) is 0 Å². The van der Waals surface area contributed by atoms with Crippen molar-refractivity contribution in [2.45, 2.75) is 0 Å². The predicted octanol–water partition coefficient (Wildman–Crippen LogP) is 13.3. The maximum atomic E-state index is 5.11. The molecule has 1 aromatic heterocycles. The van der Waals surface area contributed by atoms with E-state index in [1.807, 2.05) is 60.7 Å². The molecule has 0 aliphatic carbocycles. The Kier molecular flexibility index (Phi) is 7.81. The molecule has 0 aliphatic heterocycles. The number of nitrogens with zero attached hydrogens (tertiary/aromatic N) is 3. The molecule has 10 rings (SSSR count). The molecular formula is C51H33N3. The van der Waals surface area contributed by atoms with E-state index in [0.717, 1.165) is 27.5 Å². The van der Waals surface area contributed by atoms with Gasteiger partial charge in [-0.1, -0.05) is 194 Å². The lowest BCUT2D eigenvalue weighted by molar-refractivity contribution is 1.08. The average Bonchev–Trinajstić information content (AvgIpc) is 3.26. The standard InChI is InChI=1S/C51H33N3/c1-4-18-34(19-5-1)37-24-10-13-27-40(37)47-41-28-14-16-30-43(41)48(44-31-17-15-29-42(44)47)45-32-33-46(39-26-12-11-25-38(39)45)51-53-49(35-20-6-2-7-21-35)52-50(54-51)36-22-8-3-9-23-36/h1-33H. The van der Waals surface area contributed by atoms with Gasteiger partial charge in [0.2, 0.25) is 0 Å². The van der Waals surface area contributed by atoms with Crippen LogP contribution in [-0.4, -0.2) is 15.0 Å². The summed E-state index contributed by atoms with van der Waals surface area (Å²) in [6.07, 6.45) is 0. The van der Waals surface area contributed by atoms with Crippen molar-refractivity contribution in [1.82, 2.24) is 15.0 Å². The van der Waals surface area contributed by atoms with Gasteiger partial charge in [0.1, 0.15) is 0 Å². The Hall–Kier alpha value is -7.23. The van der Waals surface area contributed by atoms with Crippen molar-refractivity contribution in [2.24, 2.45) is 0 Å². The van der Waals surface area contributed by atoms with Crippen LogP contribution in [0.5, 0.6) is 0 Å². The van der Waals surface area contributed by atoms with Gasteiger partial charge in [0, 0.05) is 16.7 Å². The molecule has 0 aliphatic rings. The summed E-state index contributed by atoms with van der Waals surface area (Å²) in [4.78, 5) is 15.2. The van der Waals surface area contributed by atoms with Gasteiger partial charge in [0.25, 0.3) is 0 Å². The number of benzene rings is 9. The Balaban J connectivity index is 1.23. The van der Waals surface area contributed by atoms with E-state index in [2.05, 4.69) is 140 Å². The molecule has 0 fully saturated rings. The fraction of sp³-hybridized carbons (Fsp3) is 0. The van der Waals surface area contributed by atoms with E-state index < -0.39 is 0 Å². The van der Waals surface area contributed by atoms with Crippen molar-refractivity contribution in [3.63, 3.8) is 0 Å². The van der Waals surface area contributed by atoms with Gasteiger partial charge in [0.05, 0.1) is 0 Å². The third-order valence-electron chi connectivity index (χ3n) is 10.3. The van der Waals surface area contributed by atoms with Crippen LogP contribution in [0.15, 0.2) is 200 Å². The topological polar surface area (TPSA) is 38.7 Å². The lowest BCUT2D eigenvalue weighted by Gasteiger charge is -2.21. The molecule has 0 saturated carbocycles. The Labute approximate surface area is 313 Å². The van der Waals surface area contributed by atoms with Crippen LogP contribution in [-0.2, 0) is 0 Å². The summed E-state index contributed by atoms with van der Waals surface area (Å²) in [5.74, 6) is 1.94. The SMILES string of the molecule is c1ccc(-c2nc(-c3ccccc3)nc(-c3ccc(-c4c5ccccc5c(-c5ccccc5-c5ccccc5)c5ccccc45)c4ccccc34)n2)cc1. The molecule has 0 amide bonds. The van der Waals surface area contributed by atoms with E-state index in [4.69, 9.17) is 15.0 Å². The average molecular weight is 688 g/mol. The lowest BCUT2D eigenvalue weighted by Crippen LogP contribution is -2.00. The highest BCUT2D eigenvalue weighted by atomic mass is 15.0. The Morgan fingerprint density at radius 3 is 1.04 bits per heavy atom. The second-order valence-corrected chi connectivity index (χ2v) is 13.5. The number of hydrogen-bond donors (Lipinski definition) is 0. The van der Waals surface area contributed by atoms with Gasteiger partial charge in [-0.25, -0.2) is 15.0 Å². The summed E-state index contributed by atoms with van der Waals surface area (Å²) in [6, 6.07) is 70.6. The first-order valence-electron chi connectivity index (χ1n) is 18.3. The highest BCUT2D eigenvalue weighted by Crippen LogP contribution is 2.48. The number of rotatable bonds is 6. The molecule has 0 N–H and O–H groups in total. The molecule has 0 radical (unpaired) electrons. The molecular weight excluding hydrogens is 655 g/mol. The first-order chi connectivity index (χ1) is 26.8. The second-order valence-electron chi connectivity index (χ2n) is 13.5. The van der Waals surface area contributed by atoms with E-state index in [1.54, 1.807) is 0 Å². The van der Waals surface area contributed by atoms with Crippen molar-refractivity contribution in [3.8, 4) is 67.5 Å². The molecule has 0 saturated heterocycles. The van der Waals surface area contributed by atoms with Crippen molar-refractivity contribution >= 4 is 32.3 Å². The van der Waals surface area contributed by atoms with E-state index in [-0.39, 0.29) is 0 Å². The summed E-state index contributed by atoms with van der Waals surface area (Å²) >= 11 is 0. The molecule has 3 nitrogen and oxygen atoms in total. The van der Waals surface area contributed by atoms with Crippen LogP contribution in [0.1, 0.15) is 0 Å². The summed E-state index contributed by atoms with van der Waals surface area (Å²) < 4.78 is 0. The minimum atomic E-state index is 0.646. The van der Waals surface area contributed by atoms with E-state index in [1.165, 1.54) is 54.9 Å². The fourth-order valence-corrected chi connectivity index (χ4v) is 7.92. The van der Waals surface area contributed by atoms with Crippen LogP contribution < -0.4 is 0 Å². The van der Waals surface area contributed by atoms with Gasteiger partial charge in [-0.15, -0.1) is 0 Å². The fourth-order valence-electron chi connectivity index (χ4n) is 7.92. The highest BCUT2D eigenvalue weighted by Gasteiger charge is 2.21. The summed E-state index contributed by atoms with van der Waals surface area (Å²) in [7, 11) is 0. The normalized spacial score (nSPS) is 11.3. The van der Waals surface area contributed by atoms with Gasteiger partial charge in [-0.05, 0) is 71.8 Å². The molecule has 10 aromatic rings. The van der Waals surface area contributed by atoms with Gasteiger partial charge >= 0.3 is 0 Å². The Bertz CT molecular complexity index is 2860. The van der Waals surface area contributed by atoms with Gasteiger partial charge < -0.3 is 0 Å². The Morgan fingerprint density at radius 2 is 0.537 bits per heavy atom. The van der Waals surface area contributed by atoms with Crippen molar-refractivity contribution in [2.75, 3.05) is 0 Å². The molecule has 54 heavy (non-hydrogen) atoms. The zero-order chi connectivity index (χ0) is 35.8. The molecule has 252 valence electrons. The summed E-state index contributed by atoms with van der Waals surface area (Å²) in [5, 5.41) is 7.10. The van der Waals surface area contributed by atoms with Crippen LogP contribution in [0.4, 0.5) is 0 Å². The smallest absolute Gasteiger partial charge is 0.164 e. The maximum absolute atomic E-state index is 5.11. The molecule has 9 aromatic carbocycles. The third kappa shape index (κ3) is 5.42. The van der Waals surface area contributed by atoms with E-state index >= 15 is 0 Å². The van der Waals surface area contributed by atoms with Crippen molar-refractivity contribution < 1.29 is 0 Å². The minimum absolute atomic E-state index is 0.646. The lowest BCUT2D eigenvalue weighted by atomic mass is 9.82. The van der Waals surface area contributed by atoms with Crippen LogP contribution in [0, 0.1) is 0 Å². The molecule has 1 heterocycles. The number of hydrogen-bond acceptors (Lipinski definition) is 3. The van der Waals surface area contributed by atoms with E-state index in [0.29, 0.717) is 17.5 Å². The zero-order valence-corrected chi connectivity index (χ0v) is 29.4. The van der Waals surface area contributed by atoms with Crippen LogP contribution in [0.2, 0.25) is 0 Å². The van der Waals surface area contributed by atoms with Gasteiger partial charge in [-0.2, -0.15) is 0 Å². The first kappa shape index (κ1) is 31.5. The summed E-state index contributed by atoms with van der Waals surface area (Å²) in [6.45, 7) is 0. The number of fused-ring (bicyclic) bond motifs is 3.